The lowest BCUT2D eigenvalue weighted by Gasteiger charge is -2.04. The number of aromatic nitrogens is 1. The van der Waals surface area contributed by atoms with Crippen molar-refractivity contribution in [2.24, 2.45) is 0 Å². The third-order valence-corrected chi connectivity index (χ3v) is 2.35. The maximum Gasteiger partial charge on any atom is 0.214 e. The van der Waals surface area contributed by atoms with Gasteiger partial charge in [0.2, 0.25) is 5.52 Å². The van der Waals surface area contributed by atoms with E-state index in [0.717, 1.165) is 10.9 Å². The Balaban J connectivity index is 2.58. The summed E-state index contributed by atoms with van der Waals surface area (Å²) < 4.78 is 5.22. The zero-order valence-electron chi connectivity index (χ0n) is 8.82. The lowest BCUT2D eigenvalue weighted by molar-refractivity contribution is -0.362. The number of hydrogen-bond donors (Lipinski definition) is 0. The molecule has 0 spiro atoms. The van der Waals surface area contributed by atoms with E-state index in [1.807, 2.05) is 24.3 Å². The second-order valence-corrected chi connectivity index (χ2v) is 3.46. The van der Waals surface area contributed by atoms with E-state index in [2.05, 4.69) is 4.98 Å². The van der Waals surface area contributed by atoms with Crippen LogP contribution in [0.25, 0.3) is 10.9 Å². The average molecular weight is 217 g/mol. The number of carbonyl (C=O) groups is 1. The largest absolute Gasteiger partial charge is 0.550 e. The van der Waals surface area contributed by atoms with E-state index in [4.69, 9.17) is 4.74 Å². The number of hydrogen-bond acceptors (Lipinski definition) is 3. The fourth-order valence-electron chi connectivity index (χ4n) is 1.67. The number of nitrogens with one attached hydrogen (secondary N) is 1. The summed E-state index contributed by atoms with van der Waals surface area (Å²) in [7, 11) is 1.56. The monoisotopic (exact) mass is 217 g/mol. The van der Waals surface area contributed by atoms with Gasteiger partial charge in [-0.2, -0.15) is 0 Å². The third kappa shape index (κ3) is 1.95. The Bertz CT molecular complexity index is 537. The first-order valence-corrected chi connectivity index (χ1v) is 4.88. The first-order valence-electron chi connectivity index (χ1n) is 4.88. The minimum absolute atomic E-state index is 0.152. The van der Waals surface area contributed by atoms with Gasteiger partial charge in [-0.1, -0.05) is 12.1 Å². The van der Waals surface area contributed by atoms with Crippen LogP contribution in [0, 0.1) is 0 Å². The predicted octanol–water partition coefficient (Wildman–Crippen LogP) is -0.0451. The zero-order chi connectivity index (χ0) is 11.5. The van der Waals surface area contributed by atoms with Gasteiger partial charge in [0.25, 0.3) is 0 Å². The summed E-state index contributed by atoms with van der Waals surface area (Å²) in [6.07, 6.45) is -0.152. The van der Waals surface area contributed by atoms with Crippen LogP contribution >= 0.6 is 0 Å². The number of benzene rings is 1. The Hall–Kier alpha value is -2.10. The topological polar surface area (TPSA) is 63.5 Å². The number of H-pyrrole nitrogens is 1. The van der Waals surface area contributed by atoms with Crippen LogP contribution < -0.4 is 14.8 Å². The lowest BCUT2D eigenvalue weighted by Crippen LogP contribution is -2.28. The molecule has 1 heterocycles. The molecule has 1 aromatic carbocycles. The number of para-hydroxylation sites is 1. The van der Waals surface area contributed by atoms with Crippen LogP contribution in [0.1, 0.15) is 5.69 Å². The van der Waals surface area contributed by atoms with E-state index < -0.39 is 5.97 Å². The van der Waals surface area contributed by atoms with Crippen molar-refractivity contribution in [3.05, 3.63) is 36.0 Å². The fourth-order valence-corrected chi connectivity index (χ4v) is 1.67. The van der Waals surface area contributed by atoms with Gasteiger partial charge in [-0.3, -0.25) is 0 Å². The van der Waals surface area contributed by atoms with Crippen LogP contribution in [0.4, 0.5) is 0 Å². The Morgan fingerprint density at radius 1 is 1.44 bits per heavy atom. The van der Waals surface area contributed by atoms with Crippen molar-refractivity contribution in [3.8, 4) is 5.75 Å². The molecule has 0 saturated carbocycles. The van der Waals surface area contributed by atoms with E-state index in [-0.39, 0.29) is 6.42 Å². The molecule has 0 atom stereocenters. The highest BCUT2D eigenvalue weighted by Gasteiger charge is 2.11. The van der Waals surface area contributed by atoms with Crippen LogP contribution in [0.5, 0.6) is 5.75 Å². The standard InChI is InChI=1S/C12H11NO3/c1-16-11-6-8(7-12(14)15)13-10-5-3-2-4-9(10)11/h2-6H,7H2,1H3,(H,14,15). The molecule has 0 fully saturated rings. The number of carbonyl (C=O) groups excluding carboxylic acids is 1. The summed E-state index contributed by atoms with van der Waals surface area (Å²) in [5, 5.41) is 11.5. The fraction of sp³-hybridized carbons (Fsp3) is 0.167. The van der Waals surface area contributed by atoms with Gasteiger partial charge in [-0.25, -0.2) is 4.98 Å². The van der Waals surface area contributed by atoms with Crippen molar-refractivity contribution in [2.45, 2.75) is 6.42 Å². The number of pyridine rings is 1. The number of ether oxygens (including phenoxy) is 1. The normalized spacial score (nSPS) is 10.3. The summed E-state index contributed by atoms with van der Waals surface area (Å²) in [5.74, 6) is -0.459. The zero-order valence-corrected chi connectivity index (χ0v) is 8.82. The number of rotatable bonds is 3. The highest BCUT2D eigenvalue weighted by Crippen LogP contribution is 2.22. The van der Waals surface area contributed by atoms with Gasteiger partial charge in [0.15, 0.2) is 5.69 Å². The predicted molar refractivity (Wildman–Crippen MR) is 55.8 cm³/mol. The van der Waals surface area contributed by atoms with E-state index in [9.17, 15) is 9.90 Å². The molecule has 1 aromatic heterocycles. The van der Waals surface area contributed by atoms with Gasteiger partial charge in [0.05, 0.1) is 24.9 Å². The number of carboxylic acids is 1. The van der Waals surface area contributed by atoms with Crippen LogP contribution in [0.3, 0.4) is 0 Å². The molecule has 1 N–H and O–H groups in total. The molecule has 0 radical (unpaired) electrons. The number of aliphatic carboxylic acids is 1. The van der Waals surface area contributed by atoms with Gasteiger partial charge >= 0.3 is 0 Å². The van der Waals surface area contributed by atoms with Crippen molar-refractivity contribution in [1.82, 2.24) is 0 Å². The van der Waals surface area contributed by atoms with E-state index in [0.29, 0.717) is 11.4 Å². The van der Waals surface area contributed by atoms with E-state index >= 15 is 0 Å². The van der Waals surface area contributed by atoms with E-state index in [1.165, 1.54) is 0 Å². The minimum Gasteiger partial charge on any atom is -0.550 e. The number of aromatic amines is 1. The maximum atomic E-state index is 10.5. The Morgan fingerprint density at radius 3 is 2.88 bits per heavy atom. The van der Waals surface area contributed by atoms with Gasteiger partial charge in [0, 0.05) is 12.1 Å². The highest BCUT2D eigenvalue weighted by molar-refractivity contribution is 5.82. The molecule has 4 heteroatoms. The van der Waals surface area contributed by atoms with Gasteiger partial charge in [0.1, 0.15) is 5.75 Å². The summed E-state index contributed by atoms with van der Waals surface area (Å²) in [5.41, 5.74) is 1.41. The third-order valence-electron chi connectivity index (χ3n) is 2.35. The number of fused-ring (bicyclic) bond motifs is 1. The molecule has 16 heavy (non-hydrogen) atoms. The molecule has 4 nitrogen and oxygen atoms in total. The molecule has 2 rings (SSSR count). The van der Waals surface area contributed by atoms with Crippen LogP contribution in [0.2, 0.25) is 0 Å². The van der Waals surface area contributed by atoms with E-state index in [1.54, 1.807) is 13.2 Å². The number of carboxylic acid groups (broad SMARTS) is 1. The second kappa shape index (κ2) is 4.18. The Morgan fingerprint density at radius 2 is 2.19 bits per heavy atom. The smallest absolute Gasteiger partial charge is 0.214 e. The Kier molecular flexibility index (Phi) is 2.72. The average Bonchev–Trinajstić information content (AvgIpc) is 2.27. The summed E-state index contributed by atoms with van der Waals surface area (Å²) in [6, 6.07) is 9.24. The van der Waals surface area contributed by atoms with Crippen molar-refractivity contribution in [1.29, 1.82) is 0 Å². The molecular weight excluding hydrogens is 206 g/mol. The van der Waals surface area contributed by atoms with Crippen LogP contribution in [-0.2, 0) is 11.2 Å². The van der Waals surface area contributed by atoms with Crippen molar-refractivity contribution in [2.75, 3.05) is 7.11 Å². The molecule has 0 aliphatic heterocycles. The van der Waals surface area contributed by atoms with Gasteiger partial charge < -0.3 is 14.6 Å². The van der Waals surface area contributed by atoms with Crippen LogP contribution in [-0.4, -0.2) is 13.1 Å². The van der Waals surface area contributed by atoms with Gasteiger partial charge in [-0.05, 0) is 6.07 Å². The summed E-state index contributed by atoms with van der Waals surface area (Å²) in [4.78, 5) is 13.6. The molecular formula is C12H11NO3. The minimum atomic E-state index is -1.12. The Labute approximate surface area is 92.5 Å². The SMILES string of the molecule is COc1cc(CC(=O)[O-])[nH+]c2ccccc12. The lowest BCUT2D eigenvalue weighted by atomic mass is 10.1. The summed E-state index contributed by atoms with van der Waals surface area (Å²) in [6.45, 7) is 0. The highest BCUT2D eigenvalue weighted by atomic mass is 16.5. The first-order chi connectivity index (χ1) is 7.70. The van der Waals surface area contributed by atoms with Gasteiger partial charge in [-0.15, -0.1) is 0 Å². The molecule has 0 aliphatic carbocycles. The second-order valence-electron chi connectivity index (χ2n) is 3.46. The number of methoxy groups -OCH3 is 1. The van der Waals surface area contributed by atoms with Crippen molar-refractivity contribution < 1.29 is 19.6 Å². The first kappa shape index (κ1) is 10.4. The molecule has 0 amide bonds. The molecule has 82 valence electrons. The molecule has 0 saturated heterocycles. The molecule has 0 unspecified atom stereocenters. The van der Waals surface area contributed by atoms with Crippen molar-refractivity contribution in [3.63, 3.8) is 0 Å². The maximum absolute atomic E-state index is 10.5. The summed E-state index contributed by atoms with van der Waals surface area (Å²) >= 11 is 0. The quantitative estimate of drug-likeness (QED) is 0.724. The molecule has 0 aliphatic rings. The molecule has 0 bridgehead atoms. The van der Waals surface area contributed by atoms with Crippen LogP contribution in [0.15, 0.2) is 30.3 Å². The molecule has 2 aromatic rings. The van der Waals surface area contributed by atoms with Crippen molar-refractivity contribution >= 4 is 16.9 Å².